The lowest BCUT2D eigenvalue weighted by atomic mass is 9.79. The Morgan fingerprint density at radius 1 is 0.840 bits per heavy atom. The third kappa shape index (κ3) is 9.27. The lowest BCUT2D eigenvalue weighted by Gasteiger charge is -2.31. The molecule has 0 amide bonds. The first-order valence-electron chi connectivity index (χ1n) is 10.2. The number of ether oxygens (including phenoxy) is 2. The zero-order valence-corrected chi connectivity index (χ0v) is 16.8. The second-order valence-corrected chi connectivity index (χ2v) is 8.32. The number of carbonyl (C=O) groups is 2. The summed E-state index contributed by atoms with van der Waals surface area (Å²) in [5, 5.41) is 0. The van der Waals surface area contributed by atoms with Crippen molar-refractivity contribution in [2.24, 2.45) is 11.8 Å². The molecule has 1 aliphatic rings. The summed E-state index contributed by atoms with van der Waals surface area (Å²) in [6.45, 7) is 8.28. The van der Waals surface area contributed by atoms with E-state index in [-0.39, 0.29) is 23.8 Å². The van der Waals surface area contributed by atoms with Crippen LogP contribution in [-0.4, -0.2) is 24.1 Å². The van der Waals surface area contributed by atoms with Crippen LogP contribution in [0, 0.1) is 11.8 Å². The molecule has 0 aromatic heterocycles. The third-order valence-electron chi connectivity index (χ3n) is 4.77. The molecule has 0 saturated heterocycles. The van der Waals surface area contributed by atoms with Crippen LogP contribution in [0.25, 0.3) is 0 Å². The predicted octanol–water partition coefficient (Wildman–Crippen LogP) is 5.43. The highest BCUT2D eigenvalue weighted by Crippen LogP contribution is 2.33. The molecule has 0 radical (unpaired) electrons. The Labute approximate surface area is 154 Å². The van der Waals surface area contributed by atoms with Gasteiger partial charge < -0.3 is 9.47 Å². The molecule has 1 aliphatic carbocycles. The summed E-state index contributed by atoms with van der Waals surface area (Å²) < 4.78 is 11.0. The van der Waals surface area contributed by atoms with Crippen molar-refractivity contribution >= 4 is 11.9 Å². The van der Waals surface area contributed by atoms with E-state index < -0.39 is 5.60 Å². The van der Waals surface area contributed by atoms with E-state index in [2.05, 4.69) is 6.92 Å². The number of rotatable bonds is 10. The lowest BCUT2D eigenvalue weighted by Crippen LogP contribution is -2.38. The molecule has 2 unspecified atom stereocenters. The second-order valence-electron chi connectivity index (χ2n) is 8.32. The maximum atomic E-state index is 12.4. The second kappa shape index (κ2) is 11.5. The molecule has 25 heavy (non-hydrogen) atoms. The van der Waals surface area contributed by atoms with Crippen molar-refractivity contribution in [3.8, 4) is 0 Å². The van der Waals surface area contributed by atoms with E-state index in [4.69, 9.17) is 9.47 Å². The van der Waals surface area contributed by atoms with E-state index in [1.54, 1.807) is 0 Å². The largest absolute Gasteiger partial charge is 0.465 e. The fraction of sp³-hybridized carbons (Fsp3) is 0.905. The Kier molecular flexibility index (Phi) is 10.1. The van der Waals surface area contributed by atoms with Crippen LogP contribution in [0.3, 0.4) is 0 Å². The minimum absolute atomic E-state index is 0.207. The van der Waals surface area contributed by atoms with E-state index in [9.17, 15) is 9.59 Å². The topological polar surface area (TPSA) is 52.6 Å². The fourth-order valence-corrected chi connectivity index (χ4v) is 3.41. The molecular formula is C21H38O4. The molecule has 1 rings (SSSR count). The van der Waals surface area contributed by atoms with Crippen LogP contribution in [0.2, 0.25) is 0 Å². The molecule has 0 N–H and O–H groups in total. The molecule has 0 aromatic rings. The zero-order chi connectivity index (χ0) is 18.7. The highest BCUT2D eigenvalue weighted by molar-refractivity contribution is 5.82. The Bertz CT molecular complexity index is 397. The number of esters is 2. The SMILES string of the molecule is CCCCCCCCCOC(=O)C1CCCCC1C(=O)OC(C)(C)C. The van der Waals surface area contributed by atoms with Gasteiger partial charge >= 0.3 is 11.9 Å². The highest BCUT2D eigenvalue weighted by atomic mass is 16.6. The van der Waals surface area contributed by atoms with Crippen molar-refractivity contribution < 1.29 is 19.1 Å². The van der Waals surface area contributed by atoms with Crippen molar-refractivity contribution in [1.29, 1.82) is 0 Å². The van der Waals surface area contributed by atoms with Gasteiger partial charge in [0.25, 0.3) is 0 Å². The fourth-order valence-electron chi connectivity index (χ4n) is 3.41. The smallest absolute Gasteiger partial charge is 0.310 e. The Hall–Kier alpha value is -1.06. The Morgan fingerprint density at radius 2 is 1.36 bits per heavy atom. The van der Waals surface area contributed by atoms with Gasteiger partial charge in [0.2, 0.25) is 0 Å². The van der Waals surface area contributed by atoms with Gasteiger partial charge in [0.05, 0.1) is 18.4 Å². The molecule has 0 bridgehead atoms. The number of carbonyl (C=O) groups excluding carboxylic acids is 2. The molecule has 146 valence electrons. The van der Waals surface area contributed by atoms with Crippen LogP contribution in [0.5, 0.6) is 0 Å². The van der Waals surface area contributed by atoms with E-state index in [0.29, 0.717) is 6.61 Å². The van der Waals surface area contributed by atoms with Gasteiger partial charge in [-0.1, -0.05) is 58.3 Å². The van der Waals surface area contributed by atoms with E-state index >= 15 is 0 Å². The van der Waals surface area contributed by atoms with Gasteiger partial charge in [-0.25, -0.2) is 0 Å². The standard InChI is InChI=1S/C21H38O4/c1-5-6-7-8-9-10-13-16-24-19(22)17-14-11-12-15-18(17)20(23)25-21(2,3)4/h17-18H,5-16H2,1-4H3. The minimum atomic E-state index is -0.513. The maximum absolute atomic E-state index is 12.4. The van der Waals surface area contributed by atoms with Crippen LogP contribution in [0.15, 0.2) is 0 Å². The third-order valence-corrected chi connectivity index (χ3v) is 4.77. The Morgan fingerprint density at radius 3 is 1.92 bits per heavy atom. The first kappa shape index (κ1) is 22.0. The lowest BCUT2D eigenvalue weighted by molar-refractivity contribution is -0.170. The minimum Gasteiger partial charge on any atom is -0.465 e. The summed E-state index contributed by atoms with van der Waals surface area (Å²) in [6.07, 6.45) is 11.8. The number of hydrogen-bond acceptors (Lipinski definition) is 4. The van der Waals surface area contributed by atoms with Crippen LogP contribution in [-0.2, 0) is 19.1 Å². The summed E-state index contributed by atoms with van der Waals surface area (Å²) in [5.41, 5.74) is -0.513. The van der Waals surface area contributed by atoms with Gasteiger partial charge in [-0.15, -0.1) is 0 Å². The normalized spacial score (nSPS) is 21.0. The van der Waals surface area contributed by atoms with Crippen molar-refractivity contribution in [2.75, 3.05) is 6.61 Å². The van der Waals surface area contributed by atoms with Crippen molar-refractivity contribution in [2.45, 2.75) is 104 Å². The van der Waals surface area contributed by atoms with E-state index in [0.717, 1.165) is 38.5 Å². The van der Waals surface area contributed by atoms with Crippen LogP contribution >= 0.6 is 0 Å². The number of hydrogen-bond donors (Lipinski definition) is 0. The van der Waals surface area contributed by atoms with Gasteiger partial charge in [-0.3, -0.25) is 9.59 Å². The first-order valence-corrected chi connectivity index (χ1v) is 10.2. The van der Waals surface area contributed by atoms with Crippen LogP contribution in [0.4, 0.5) is 0 Å². The maximum Gasteiger partial charge on any atom is 0.310 e. The van der Waals surface area contributed by atoms with Crippen molar-refractivity contribution in [3.05, 3.63) is 0 Å². The molecule has 1 fully saturated rings. The summed E-state index contributed by atoms with van der Waals surface area (Å²) in [5.74, 6) is -1.12. The summed E-state index contributed by atoms with van der Waals surface area (Å²) in [7, 11) is 0. The average molecular weight is 355 g/mol. The quantitative estimate of drug-likeness (QED) is 0.388. The molecule has 0 heterocycles. The highest BCUT2D eigenvalue weighted by Gasteiger charge is 2.39. The van der Waals surface area contributed by atoms with Crippen molar-refractivity contribution in [1.82, 2.24) is 0 Å². The van der Waals surface area contributed by atoms with Gasteiger partial charge in [-0.2, -0.15) is 0 Å². The molecular weight excluding hydrogens is 316 g/mol. The van der Waals surface area contributed by atoms with Gasteiger partial charge in [-0.05, 0) is 40.0 Å². The monoisotopic (exact) mass is 354 g/mol. The predicted molar refractivity (Wildman–Crippen MR) is 100 cm³/mol. The Balaban J connectivity index is 2.32. The molecule has 1 saturated carbocycles. The van der Waals surface area contributed by atoms with Crippen LogP contribution in [0.1, 0.15) is 98.3 Å². The van der Waals surface area contributed by atoms with E-state index in [1.807, 2.05) is 20.8 Å². The summed E-state index contributed by atoms with van der Waals surface area (Å²) in [4.78, 5) is 24.8. The molecule has 0 spiro atoms. The van der Waals surface area contributed by atoms with E-state index in [1.165, 1.54) is 32.1 Å². The average Bonchev–Trinajstić information content (AvgIpc) is 2.55. The summed E-state index contributed by atoms with van der Waals surface area (Å²) in [6, 6.07) is 0. The van der Waals surface area contributed by atoms with Gasteiger partial charge in [0.15, 0.2) is 0 Å². The van der Waals surface area contributed by atoms with Crippen molar-refractivity contribution in [3.63, 3.8) is 0 Å². The van der Waals surface area contributed by atoms with Crippen LogP contribution < -0.4 is 0 Å². The molecule has 4 nitrogen and oxygen atoms in total. The van der Waals surface area contributed by atoms with Gasteiger partial charge in [0, 0.05) is 0 Å². The zero-order valence-electron chi connectivity index (χ0n) is 16.8. The van der Waals surface area contributed by atoms with Gasteiger partial charge in [0.1, 0.15) is 5.60 Å². The molecule has 0 aliphatic heterocycles. The first-order chi connectivity index (χ1) is 11.8. The number of unbranched alkanes of at least 4 members (excludes halogenated alkanes) is 6. The molecule has 2 atom stereocenters. The summed E-state index contributed by atoms with van der Waals surface area (Å²) >= 11 is 0. The molecule has 4 heteroatoms. The molecule has 0 aromatic carbocycles.